The van der Waals surface area contributed by atoms with Gasteiger partial charge in [0.05, 0.1) is 23.2 Å². The summed E-state index contributed by atoms with van der Waals surface area (Å²) in [5.41, 5.74) is -0.106. The molecule has 0 N–H and O–H groups in total. The molecular formula is C22H22N4O2S2. The van der Waals surface area contributed by atoms with Gasteiger partial charge in [0.1, 0.15) is 0 Å². The summed E-state index contributed by atoms with van der Waals surface area (Å²) in [6, 6.07) is 15.0. The summed E-state index contributed by atoms with van der Waals surface area (Å²) in [7, 11) is 0. The molecule has 0 saturated carbocycles. The first-order valence-electron chi connectivity index (χ1n) is 9.95. The Morgan fingerprint density at radius 3 is 1.53 bits per heavy atom. The monoisotopic (exact) mass is 438 g/mol. The van der Waals surface area contributed by atoms with Crippen molar-refractivity contribution >= 4 is 45.4 Å². The molecule has 0 amide bonds. The molecule has 0 aliphatic rings. The van der Waals surface area contributed by atoms with Crippen molar-refractivity contribution in [2.24, 2.45) is 0 Å². The Bertz CT molecular complexity index is 1170. The Labute approximate surface area is 182 Å². The van der Waals surface area contributed by atoms with Crippen LogP contribution in [0, 0.1) is 0 Å². The highest BCUT2D eigenvalue weighted by molar-refractivity contribution is 7.97. The number of fused-ring (bicyclic) bond motifs is 2. The van der Waals surface area contributed by atoms with E-state index in [-0.39, 0.29) is 11.1 Å². The molecule has 0 unspecified atom stereocenters. The molecular weight excluding hydrogens is 416 g/mol. The van der Waals surface area contributed by atoms with Crippen LogP contribution >= 0.6 is 23.9 Å². The zero-order chi connectivity index (χ0) is 20.8. The molecule has 4 aromatic rings. The first-order chi connectivity index (χ1) is 14.7. The summed E-state index contributed by atoms with van der Waals surface area (Å²) in [6.07, 6.45) is 7.67. The zero-order valence-electron chi connectivity index (χ0n) is 16.4. The number of unbranched alkanes of at least 4 members (excludes halogenated alkanes) is 3. The number of aromatic nitrogens is 4. The van der Waals surface area contributed by atoms with Crippen molar-refractivity contribution in [3.8, 4) is 0 Å². The quantitative estimate of drug-likeness (QED) is 0.362. The summed E-state index contributed by atoms with van der Waals surface area (Å²) in [4.78, 5) is 24.8. The normalized spacial score (nSPS) is 11.3. The lowest BCUT2D eigenvalue weighted by Crippen LogP contribution is -2.18. The van der Waals surface area contributed by atoms with Crippen LogP contribution in [-0.4, -0.2) is 29.9 Å². The number of benzene rings is 2. The van der Waals surface area contributed by atoms with Gasteiger partial charge in [-0.2, -0.15) is 18.4 Å². The third kappa shape index (κ3) is 4.76. The lowest BCUT2D eigenvalue weighted by Gasteiger charge is -2.06. The summed E-state index contributed by atoms with van der Waals surface area (Å²) in [5.74, 6) is 1.70. The highest BCUT2D eigenvalue weighted by atomic mass is 32.2. The molecule has 8 heteroatoms. The second-order valence-electron chi connectivity index (χ2n) is 6.90. The first-order valence-corrected chi connectivity index (χ1v) is 11.8. The minimum Gasteiger partial charge on any atom is -0.266 e. The van der Waals surface area contributed by atoms with E-state index in [9.17, 15) is 9.59 Å². The van der Waals surface area contributed by atoms with Crippen LogP contribution in [0.25, 0.3) is 21.5 Å². The van der Waals surface area contributed by atoms with Gasteiger partial charge in [-0.05, 0) is 48.9 Å². The summed E-state index contributed by atoms with van der Waals surface area (Å²) < 4.78 is 2.96. The predicted molar refractivity (Wildman–Crippen MR) is 126 cm³/mol. The van der Waals surface area contributed by atoms with Crippen molar-refractivity contribution < 1.29 is 0 Å². The maximum Gasteiger partial charge on any atom is 0.285 e. The van der Waals surface area contributed by atoms with Gasteiger partial charge in [-0.3, -0.25) is 9.59 Å². The molecule has 0 radical (unpaired) electrons. The fourth-order valence-electron chi connectivity index (χ4n) is 3.19. The average Bonchev–Trinajstić information content (AvgIpc) is 2.78. The number of hydrogen-bond donors (Lipinski definition) is 0. The van der Waals surface area contributed by atoms with Crippen molar-refractivity contribution in [1.29, 1.82) is 0 Å². The fraction of sp³-hybridized carbons (Fsp3) is 0.273. The van der Waals surface area contributed by atoms with E-state index in [2.05, 4.69) is 10.2 Å². The van der Waals surface area contributed by atoms with Crippen molar-refractivity contribution in [2.75, 3.05) is 11.5 Å². The highest BCUT2D eigenvalue weighted by Crippen LogP contribution is 2.14. The van der Waals surface area contributed by atoms with Gasteiger partial charge in [0, 0.05) is 22.3 Å². The van der Waals surface area contributed by atoms with Gasteiger partial charge in [0.15, 0.2) is 0 Å². The summed E-state index contributed by atoms with van der Waals surface area (Å²) >= 11 is 2.92. The van der Waals surface area contributed by atoms with Crippen LogP contribution in [0.15, 0.2) is 70.5 Å². The van der Waals surface area contributed by atoms with Crippen LogP contribution in [-0.2, 0) is 0 Å². The Morgan fingerprint density at radius 2 is 1.07 bits per heavy atom. The Balaban J connectivity index is 1.18. The zero-order valence-corrected chi connectivity index (χ0v) is 18.1. The Morgan fingerprint density at radius 1 is 0.633 bits per heavy atom. The van der Waals surface area contributed by atoms with E-state index in [1.165, 1.54) is 32.1 Å². The third-order valence-corrected chi connectivity index (χ3v) is 6.75. The van der Waals surface area contributed by atoms with Crippen LogP contribution in [0.3, 0.4) is 0 Å². The molecule has 2 heterocycles. The van der Waals surface area contributed by atoms with Crippen LogP contribution in [0.1, 0.15) is 25.7 Å². The number of hydrogen-bond acceptors (Lipinski definition) is 6. The Kier molecular flexibility index (Phi) is 6.86. The molecule has 154 valence electrons. The SMILES string of the molecule is O=c1c2ccccc2cnn1SCCCCCCSn1ncc2ccccc2c1=O. The van der Waals surface area contributed by atoms with Crippen LogP contribution in [0.2, 0.25) is 0 Å². The van der Waals surface area contributed by atoms with E-state index < -0.39 is 0 Å². The van der Waals surface area contributed by atoms with Gasteiger partial charge < -0.3 is 0 Å². The van der Waals surface area contributed by atoms with Gasteiger partial charge in [0.25, 0.3) is 11.1 Å². The van der Waals surface area contributed by atoms with Crippen LogP contribution in [0.4, 0.5) is 0 Å². The standard InChI is InChI=1S/C22H22N4O2S2/c27-21-19-11-5-3-9-17(19)15-23-25(21)29-13-7-1-2-8-14-30-26-22(28)20-12-6-4-10-18(20)16-24-26/h3-6,9-12,15-16H,1-2,7-8,13-14H2. The van der Waals surface area contributed by atoms with Crippen LogP contribution < -0.4 is 11.1 Å². The lowest BCUT2D eigenvalue weighted by molar-refractivity contribution is 0.708. The van der Waals surface area contributed by atoms with Crippen LogP contribution in [0.5, 0.6) is 0 Å². The molecule has 6 nitrogen and oxygen atoms in total. The first kappa shape index (κ1) is 20.7. The molecule has 0 aliphatic heterocycles. The minimum absolute atomic E-state index is 0.0529. The van der Waals surface area contributed by atoms with Crippen molar-refractivity contribution in [3.05, 3.63) is 81.6 Å². The van der Waals surface area contributed by atoms with E-state index >= 15 is 0 Å². The van der Waals surface area contributed by atoms with Gasteiger partial charge in [0.2, 0.25) is 0 Å². The smallest absolute Gasteiger partial charge is 0.266 e. The highest BCUT2D eigenvalue weighted by Gasteiger charge is 2.05. The largest absolute Gasteiger partial charge is 0.285 e. The molecule has 0 spiro atoms. The third-order valence-electron chi connectivity index (χ3n) is 4.80. The topological polar surface area (TPSA) is 69.8 Å². The summed E-state index contributed by atoms with van der Waals surface area (Å²) in [5, 5.41) is 11.6. The molecule has 0 aliphatic carbocycles. The molecule has 0 bridgehead atoms. The van der Waals surface area contributed by atoms with E-state index in [4.69, 9.17) is 0 Å². The molecule has 4 rings (SSSR count). The van der Waals surface area contributed by atoms with Crippen molar-refractivity contribution in [3.63, 3.8) is 0 Å². The fourth-order valence-corrected chi connectivity index (χ4v) is 4.86. The Hall–Kier alpha value is -2.58. The second kappa shape index (κ2) is 9.95. The van der Waals surface area contributed by atoms with E-state index in [1.54, 1.807) is 12.4 Å². The minimum atomic E-state index is -0.0529. The lowest BCUT2D eigenvalue weighted by atomic mass is 10.2. The van der Waals surface area contributed by atoms with E-state index in [0.717, 1.165) is 48.0 Å². The maximum atomic E-state index is 12.4. The van der Waals surface area contributed by atoms with Crippen molar-refractivity contribution in [2.45, 2.75) is 25.7 Å². The van der Waals surface area contributed by atoms with E-state index in [0.29, 0.717) is 10.8 Å². The van der Waals surface area contributed by atoms with Gasteiger partial charge in [-0.25, -0.2) is 0 Å². The maximum absolute atomic E-state index is 12.4. The molecule has 0 atom stereocenters. The molecule has 2 aromatic carbocycles. The molecule has 30 heavy (non-hydrogen) atoms. The predicted octanol–water partition coefficient (Wildman–Crippen LogP) is 4.36. The van der Waals surface area contributed by atoms with Gasteiger partial charge in [-0.1, -0.05) is 49.2 Å². The number of rotatable bonds is 9. The average molecular weight is 439 g/mol. The van der Waals surface area contributed by atoms with E-state index in [1.807, 2.05) is 48.5 Å². The van der Waals surface area contributed by atoms with Crippen molar-refractivity contribution in [1.82, 2.24) is 18.4 Å². The summed E-state index contributed by atoms with van der Waals surface area (Å²) in [6.45, 7) is 0. The number of nitrogens with zero attached hydrogens (tertiary/aromatic N) is 4. The van der Waals surface area contributed by atoms with Gasteiger partial charge in [-0.15, -0.1) is 0 Å². The van der Waals surface area contributed by atoms with Gasteiger partial charge >= 0.3 is 0 Å². The molecule has 0 saturated heterocycles. The molecule has 0 fully saturated rings. The second-order valence-corrected chi connectivity index (χ2v) is 8.93. The molecule has 2 aromatic heterocycles.